The van der Waals surface area contributed by atoms with E-state index in [9.17, 15) is 5.11 Å². The molecule has 16 heavy (non-hydrogen) atoms. The highest BCUT2D eigenvalue weighted by molar-refractivity contribution is 9.10. The molecule has 1 heterocycles. The second kappa shape index (κ2) is 5.30. The molecule has 0 aliphatic carbocycles. The fraction of sp³-hybridized carbons (Fsp3) is 0.538. The second-order valence-corrected chi connectivity index (χ2v) is 5.53. The van der Waals surface area contributed by atoms with E-state index >= 15 is 0 Å². The van der Waals surface area contributed by atoms with Crippen LogP contribution in [0.2, 0.25) is 0 Å². The number of aliphatic hydroxyl groups excluding tert-OH is 1. The van der Waals surface area contributed by atoms with Gasteiger partial charge in [-0.1, -0.05) is 34.1 Å². The summed E-state index contributed by atoms with van der Waals surface area (Å²) in [5.74, 6) is 0. The topological polar surface area (TPSA) is 32.3 Å². The average molecular weight is 284 g/mol. The predicted octanol–water partition coefficient (Wildman–Crippen LogP) is 2.35. The molecule has 1 aromatic carbocycles. The summed E-state index contributed by atoms with van der Waals surface area (Å²) in [4.78, 5) is 0. The van der Waals surface area contributed by atoms with Gasteiger partial charge in [0.05, 0.1) is 0 Å². The molecular weight excluding hydrogens is 266 g/mol. The summed E-state index contributed by atoms with van der Waals surface area (Å²) >= 11 is 3.58. The molecule has 2 rings (SSSR count). The van der Waals surface area contributed by atoms with E-state index in [1.165, 1.54) is 5.56 Å². The van der Waals surface area contributed by atoms with Crippen molar-refractivity contribution in [3.05, 3.63) is 34.3 Å². The van der Waals surface area contributed by atoms with Gasteiger partial charge in [-0.05, 0) is 49.4 Å². The largest absolute Gasteiger partial charge is 0.396 e. The SMILES string of the molecule is OCC1(Cc2ccccc2Br)CCNCC1. The van der Waals surface area contributed by atoms with Gasteiger partial charge in [-0.2, -0.15) is 0 Å². The van der Waals surface area contributed by atoms with Crippen LogP contribution in [0.5, 0.6) is 0 Å². The Morgan fingerprint density at radius 3 is 2.56 bits per heavy atom. The fourth-order valence-electron chi connectivity index (χ4n) is 2.39. The summed E-state index contributed by atoms with van der Waals surface area (Å²) < 4.78 is 1.15. The van der Waals surface area contributed by atoms with Crippen molar-refractivity contribution in [2.24, 2.45) is 5.41 Å². The molecule has 2 nitrogen and oxygen atoms in total. The van der Waals surface area contributed by atoms with Crippen LogP contribution >= 0.6 is 15.9 Å². The lowest BCUT2D eigenvalue weighted by molar-refractivity contribution is 0.0891. The molecule has 2 N–H and O–H groups in total. The molecule has 0 unspecified atom stereocenters. The Hall–Kier alpha value is -0.380. The van der Waals surface area contributed by atoms with Crippen molar-refractivity contribution in [2.75, 3.05) is 19.7 Å². The molecule has 0 saturated carbocycles. The molecular formula is C13H18BrNO. The minimum atomic E-state index is 0.0785. The molecule has 0 radical (unpaired) electrons. The fourth-order valence-corrected chi connectivity index (χ4v) is 2.82. The van der Waals surface area contributed by atoms with Crippen LogP contribution in [0.25, 0.3) is 0 Å². The first-order valence-electron chi connectivity index (χ1n) is 5.81. The summed E-state index contributed by atoms with van der Waals surface area (Å²) in [7, 11) is 0. The second-order valence-electron chi connectivity index (χ2n) is 4.68. The third-order valence-electron chi connectivity index (χ3n) is 3.52. The first kappa shape index (κ1) is 12.1. The summed E-state index contributed by atoms with van der Waals surface area (Å²) in [5, 5.41) is 13.0. The molecule has 88 valence electrons. The van der Waals surface area contributed by atoms with Crippen LogP contribution in [0.15, 0.2) is 28.7 Å². The lowest BCUT2D eigenvalue weighted by atomic mass is 9.75. The summed E-state index contributed by atoms with van der Waals surface area (Å²) in [6.07, 6.45) is 3.09. The Bertz CT molecular complexity index is 348. The number of hydrogen-bond acceptors (Lipinski definition) is 2. The van der Waals surface area contributed by atoms with E-state index < -0.39 is 0 Å². The third kappa shape index (κ3) is 2.65. The summed E-state index contributed by atoms with van der Waals surface area (Å²) in [6.45, 7) is 2.33. The highest BCUT2D eigenvalue weighted by Gasteiger charge is 2.31. The standard InChI is InChI=1S/C13H18BrNO/c14-12-4-2-1-3-11(12)9-13(10-16)5-7-15-8-6-13/h1-4,15-16H,5-10H2. The molecule has 0 atom stereocenters. The minimum absolute atomic E-state index is 0.0785. The highest BCUT2D eigenvalue weighted by atomic mass is 79.9. The van der Waals surface area contributed by atoms with Crippen molar-refractivity contribution >= 4 is 15.9 Å². The van der Waals surface area contributed by atoms with E-state index in [1.807, 2.05) is 6.07 Å². The molecule has 1 saturated heterocycles. The zero-order chi connectivity index (χ0) is 11.4. The Balaban J connectivity index is 2.15. The van der Waals surface area contributed by atoms with Gasteiger partial charge in [-0.25, -0.2) is 0 Å². The normalized spacial score (nSPS) is 19.6. The van der Waals surface area contributed by atoms with Crippen LogP contribution < -0.4 is 5.32 Å². The van der Waals surface area contributed by atoms with Crippen LogP contribution in [0.4, 0.5) is 0 Å². The Morgan fingerprint density at radius 1 is 1.25 bits per heavy atom. The van der Waals surface area contributed by atoms with Gasteiger partial charge in [0.25, 0.3) is 0 Å². The minimum Gasteiger partial charge on any atom is -0.396 e. The first-order chi connectivity index (χ1) is 7.76. The van der Waals surface area contributed by atoms with Crippen LogP contribution in [-0.4, -0.2) is 24.8 Å². The number of nitrogens with one attached hydrogen (secondary N) is 1. The molecule has 1 fully saturated rings. The van der Waals surface area contributed by atoms with E-state index in [0.29, 0.717) is 0 Å². The van der Waals surface area contributed by atoms with Gasteiger partial charge in [0.2, 0.25) is 0 Å². The van der Waals surface area contributed by atoms with Gasteiger partial charge in [-0.3, -0.25) is 0 Å². The maximum Gasteiger partial charge on any atom is 0.0491 e. The molecule has 0 spiro atoms. The summed E-state index contributed by atoms with van der Waals surface area (Å²) in [6, 6.07) is 8.30. The number of rotatable bonds is 3. The van der Waals surface area contributed by atoms with Crippen molar-refractivity contribution in [1.29, 1.82) is 0 Å². The molecule has 1 aliphatic heterocycles. The van der Waals surface area contributed by atoms with Crippen molar-refractivity contribution in [3.8, 4) is 0 Å². The van der Waals surface area contributed by atoms with Gasteiger partial charge in [0.1, 0.15) is 0 Å². The quantitative estimate of drug-likeness (QED) is 0.893. The van der Waals surface area contributed by atoms with E-state index in [4.69, 9.17) is 0 Å². The van der Waals surface area contributed by atoms with Gasteiger partial charge < -0.3 is 10.4 Å². The Morgan fingerprint density at radius 2 is 1.94 bits per heavy atom. The lowest BCUT2D eigenvalue weighted by Crippen LogP contribution is -2.40. The van der Waals surface area contributed by atoms with Gasteiger partial charge in [0.15, 0.2) is 0 Å². The molecule has 0 amide bonds. The summed E-state index contributed by atoms with van der Waals surface area (Å²) in [5.41, 5.74) is 1.38. The van der Waals surface area contributed by atoms with Crippen LogP contribution in [0, 0.1) is 5.41 Å². The van der Waals surface area contributed by atoms with Crippen molar-refractivity contribution in [1.82, 2.24) is 5.32 Å². The highest BCUT2D eigenvalue weighted by Crippen LogP contribution is 2.34. The molecule has 0 aromatic heterocycles. The number of aliphatic hydroxyl groups is 1. The Labute approximate surface area is 105 Å². The zero-order valence-corrected chi connectivity index (χ0v) is 11.0. The van der Waals surface area contributed by atoms with Crippen molar-refractivity contribution in [2.45, 2.75) is 19.3 Å². The first-order valence-corrected chi connectivity index (χ1v) is 6.60. The van der Waals surface area contributed by atoms with Crippen LogP contribution in [0.1, 0.15) is 18.4 Å². The number of piperidine rings is 1. The molecule has 1 aliphatic rings. The van der Waals surface area contributed by atoms with Gasteiger partial charge >= 0.3 is 0 Å². The Kier molecular flexibility index (Phi) is 4.00. The predicted molar refractivity (Wildman–Crippen MR) is 69.5 cm³/mol. The zero-order valence-electron chi connectivity index (χ0n) is 9.38. The molecule has 1 aromatic rings. The average Bonchev–Trinajstić information content (AvgIpc) is 2.33. The van der Waals surface area contributed by atoms with Crippen molar-refractivity contribution in [3.63, 3.8) is 0 Å². The maximum absolute atomic E-state index is 9.65. The third-order valence-corrected chi connectivity index (χ3v) is 4.30. The van der Waals surface area contributed by atoms with Crippen molar-refractivity contribution < 1.29 is 5.11 Å². The van der Waals surface area contributed by atoms with E-state index in [2.05, 4.69) is 39.4 Å². The molecule has 3 heteroatoms. The smallest absolute Gasteiger partial charge is 0.0491 e. The maximum atomic E-state index is 9.65. The van der Waals surface area contributed by atoms with E-state index in [1.54, 1.807) is 0 Å². The number of hydrogen-bond donors (Lipinski definition) is 2. The van der Waals surface area contributed by atoms with E-state index in [0.717, 1.165) is 36.8 Å². The lowest BCUT2D eigenvalue weighted by Gasteiger charge is -2.36. The van der Waals surface area contributed by atoms with E-state index in [-0.39, 0.29) is 12.0 Å². The van der Waals surface area contributed by atoms with Gasteiger partial charge in [0, 0.05) is 11.1 Å². The monoisotopic (exact) mass is 283 g/mol. The molecule has 0 bridgehead atoms. The number of benzene rings is 1. The number of halogens is 1. The van der Waals surface area contributed by atoms with Gasteiger partial charge in [-0.15, -0.1) is 0 Å². The van der Waals surface area contributed by atoms with Crippen LogP contribution in [0.3, 0.4) is 0 Å². The van der Waals surface area contributed by atoms with Crippen LogP contribution in [-0.2, 0) is 6.42 Å².